The van der Waals surface area contributed by atoms with Crippen molar-refractivity contribution in [3.8, 4) is 0 Å². The fraction of sp³-hybridized carbons (Fsp3) is 1.00. The Balaban J connectivity index is 3.44. The molecule has 11 heavy (non-hydrogen) atoms. The van der Waals surface area contributed by atoms with Crippen LogP contribution in [0.25, 0.3) is 0 Å². The van der Waals surface area contributed by atoms with Crippen LogP contribution >= 0.6 is 0 Å². The first-order valence-corrected chi connectivity index (χ1v) is 4.55. The SMILES string of the molecule is CC(C)(C)[B]CCC(C)(C)C. The molecule has 65 valence electrons. The van der Waals surface area contributed by atoms with Crippen LogP contribution in [0.15, 0.2) is 0 Å². The van der Waals surface area contributed by atoms with Gasteiger partial charge in [-0.3, -0.25) is 0 Å². The van der Waals surface area contributed by atoms with Crippen molar-refractivity contribution in [2.45, 2.75) is 59.6 Å². The van der Waals surface area contributed by atoms with Gasteiger partial charge >= 0.3 is 0 Å². The zero-order chi connectivity index (χ0) is 9.12. The second-order valence-corrected chi connectivity index (χ2v) is 5.67. The summed E-state index contributed by atoms with van der Waals surface area (Å²) in [4.78, 5) is 0. The molecule has 0 bridgehead atoms. The van der Waals surface area contributed by atoms with Gasteiger partial charge in [-0.1, -0.05) is 59.6 Å². The van der Waals surface area contributed by atoms with E-state index in [2.05, 4.69) is 48.8 Å². The monoisotopic (exact) mass is 153 g/mol. The average molecular weight is 153 g/mol. The molecular formula is C10H22B. The molecule has 0 aromatic heterocycles. The smallest absolute Gasteiger partial charge is 0.0791 e. The zero-order valence-corrected chi connectivity index (χ0v) is 8.99. The van der Waals surface area contributed by atoms with Crippen LogP contribution in [-0.2, 0) is 0 Å². The van der Waals surface area contributed by atoms with Crippen LogP contribution in [0.3, 0.4) is 0 Å². The quantitative estimate of drug-likeness (QED) is 0.529. The molecule has 0 nitrogen and oxygen atoms in total. The summed E-state index contributed by atoms with van der Waals surface area (Å²) in [6, 6.07) is 0. The van der Waals surface area contributed by atoms with Crippen molar-refractivity contribution in [2.24, 2.45) is 5.41 Å². The first kappa shape index (κ1) is 11.1. The molecule has 0 fully saturated rings. The van der Waals surface area contributed by atoms with Gasteiger partial charge in [0, 0.05) is 0 Å². The summed E-state index contributed by atoms with van der Waals surface area (Å²) >= 11 is 0. The van der Waals surface area contributed by atoms with Gasteiger partial charge in [-0.25, -0.2) is 0 Å². The van der Waals surface area contributed by atoms with Crippen LogP contribution in [0.1, 0.15) is 48.0 Å². The summed E-state index contributed by atoms with van der Waals surface area (Å²) < 4.78 is 0. The molecule has 0 unspecified atom stereocenters. The standard InChI is InChI=1S/C10H22B/c1-9(2,3)7-8-11-10(4,5)6/h7-8H2,1-6H3. The minimum atomic E-state index is 0.394. The van der Waals surface area contributed by atoms with E-state index >= 15 is 0 Å². The first-order valence-electron chi connectivity index (χ1n) is 4.55. The van der Waals surface area contributed by atoms with E-state index in [-0.39, 0.29) is 0 Å². The molecule has 0 aliphatic rings. The summed E-state index contributed by atoms with van der Waals surface area (Å²) in [5, 5.41) is 0.394. The Kier molecular flexibility index (Phi) is 3.67. The third-order valence-electron chi connectivity index (χ3n) is 1.65. The molecular weight excluding hydrogens is 131 g/mol. The van der Waals surface area contributed by atoms with Gasteiger partial charge in [-0.05, 0) is 5.41 Å². The van der Waals surface area contributed by atoms with E-state index in [4.69, 9.17) is 0 Å². The molecule has 0 heterocycles. The molecule has 0 spiro atoms. The lowest BCUT2D eigenvalue weighted by Crippen LogP contribution is -2.12. The summed E-state index contributed by atoms with van der Waals surface area (Å²) in [6.45, 7) is 13.7. The summed E-state index contributed by atoms with van der Waals surface area (Å²) in [5.41, 5.74) is 0.488. The van der Waals surface area contributed by atoms with Crippen LogP contribution in [0.4, 0.5) is 0 Å². The van der Waals surface area contributed by atoms with Crippen molar-refractivity contribution in [1.29, 1.82) is 0 Å². The van der Waals surface area contributed by atoms with Crippen LogP contribution in [0.5, 0.6) is 0 Å². The van der Waals surface area contributed by atoms with E-state index in [0.717, 1.165) is 0 Å². The van der Waals surface area contributed by atoms with Crippen molar-refractivity contribution >= 4 is 7.28 Å². The lowest BCUT2D eigenvalue weighted by atomic mass is 9.52. The number of hydrogen-bond donors (Lipinski definition) is 0. The van der Waals surface area contributed by atoms with E-state index in [1.165, 1.54) is 12.7 Å². The predicted molar refractivity (Wildman–Crippen MR) is 54.3 cm³/mol. The molecule has 0 saturated heterocycles. The topological polar surface area (TPSA) is 0 Å². The van der Waals surface area contributed by atoms with E-state index in [1.807, 2.05) is 0 Å². The highest BCUT2D eigenvalue weighted by Gasteiger charge is 2.15. The predicted octanol–water partition coefficient (Wildman–Crippen LogP) is 3.76. The number of hydrogen-bond acceptors (Lipinski definition) is 0. The minimum absolute atomic E-state index is 0.394. The fourth-order valence-corrected chi connectivity index (χ4v) is 0.938. The molecule has 0 amide bonds. The minimum Gasteiger partial charge on any atom is -0.0791 e. The summed E-state index contributed by atoms with van der Waals surface area (Å²) in [5.74, 6) is 0. The Morgan fingerprint density at radius 1 is 0.909 bits per heavy atom. The van der Waals surface area contributed by atoms with E-state index < -0.39 is 0 Å². The Bertz CT molecular complexity index is 89.0. The van der Waals surface area contributed by atoms with E-state index in [9.17, 15) is 0 Å². The zero-order valence-electron chi connectivity index (χ0n) is 8.99. The van der Waals surface area contributed by atoms with E-state index in [1.54, 1.807) is 0 Å². The van der Waals surface area contributed by atoms with E-state index in [0.29, 0.717) is 10.7 Å². The second-order valence-electron chi connectivity index (χ2n) is 5.67. The van der Waals surface area contributed by atoms with Gasteiger partial charge in [-0.15, -0.1) is 0 Å². The van der Waals surface area contributed by atoms with Gasteiger partial charge < -0.3 is 0 Å². The van der Waals surface area contributed by atoms with Gasteiger partial charge in [0.1, 0.15) is 7.28 Å². The first-order chi connectivity index (χ1) is 4.71. The summed E-state index contributed by atoms with van der Waals surface area (Å²) in [7, 11) is 2.41. The molecule has 0 saturated carbocycles. The van der Waals surface area contributed by atoms with Crippen LogP contribution in [0, 0.1) is 5.41 Å². The Morgan fingerprint density at radius 3 is 1.64 bits per heavy atom. The third-order valence-corrected chi connectivity index (χ3v) is 1.65. The fourth-order valence-electron chi connectivity index (χ4n) is 0.938. The highest BCUT2D eigenvalue weighted by molar-refractivity contribution is 6.39. The molecule has 1 heteroatoms. The molecule has 0 aliphatic heterocycles. The molecule has 0 aromatic carbocycles. The number of rotatable bonds is 2. The summed E-state index contributed by atoms with van der Waals surface area (Å²) in [6.07, 6.45) is 2.54. The van der Waals surface area contributed by atoms with Gasteiger partial charge in [-0.2, -0.15) is 0 Å². The van der Waals surface area contributed by atoms with Crippen LogP contribution < -0.4 is 0 Å². The average Bonchev–Trinajstić information content (AvgIpc) is 1.55. The lowest BCUT2D eigenvalue weighted by molar-refractivity contribution is 0.396. The van der Waals surface area contributed by atoms with Gasteiger partial charge in [0.15, 0.2) is 0 Å². The molecule has 0 rings (SSSR count). The molecule has 0 N–H and O–H groups in total. The Labute approximate surface area is 73.0 Å². The molecule has 1 radical (unpaired) electrons. The maximum Gasteiger partial charge on any atom is 0.116 e. The highest BCUT2D eigenvalue weighted by atomic mass is 14.1. The van der Waals surface area contributed by atoms with Crippen molar-refractivity contribution in [2.75, 3.05) is 0 Å². The molecule has 0 atom stereocenters. The van der Waals surface area contributed by atoms with Gasteiger partial charge in [0.2, 0.25) is 0 Å². The molecule has 0 aliphatic carbocycles. The second kappa shape index (κ2) is 3.64. The Hall–Kier alpha value is 0.0649. The normalized spacial score (nSPS) is 13.3. The van der Waals surface area contributed by atoms with Gasteiger partial charge in [0.25, 0.3) is 0 Å². The van der Waals surface area contributed by atoms with Crippen molar-refractivity contribution < 1.29 is 0 Å². The Morgan fingerprint density at radius 2 is 1.36 bits per heavy atom. The van der Waals surface area contributed by atoms with Crippen LogP contribution in [0.2, 0.25) is 11.6 Å². The van der Waals surface area contributed by atoms with Crippen molar-refractivity contribution in [3.63, 3.8) is 0 Å². The van der Waals surface area contributed by atoms with Gasteiger partial charge in [0.05, 0.1) is 0 Å². The lowest BCUT2D eigenvalue weighted by Gasteiger charge is -2.21. The largest absolute Gasteiger partial charge is 0.116 e. The van der Waals surface area contributed by atoms with Crippen molar-refractivity contribution in [3.05, 3.63) is 0 Å². The third kappa shape index (κ3) is 10.1. The maximum atomic E-state index is 2.41. The highest BCUT2D eigenvalue weighted by Crippen LogP contribution is 2.27. The van der Waals surface area contributed by atoms with Crippen LogP contribution in [-0.4, -0.2) is 7.28 Å². The molecule has 0 aromatic rings. The van der Waals surface area contributed by atoms with Crippen molar-refractivity contribution in [1.82, 2.24) is 0 Å². The maximum absolute atomic E-state index is 2.41.